The molecule has 9 aromatic carbocycles. The van der Waals surface area contributed by atoms with Crippen LogP contribution >= 0.6 is 0 Å². The van der Waals surface area contributed by atoms with Crippen molar-refractivity contribution in [1.82, 2.24) is 10.6 Å². The maximum Gasteiger partial charge on any atom is 0.338 e. The van der Waals surface area contributed by atoms with Gasteiger partial charge in [-0.1, -0.05) is 146 Å². The average Bonchev–Trinajstić information content (AvgIpc) is 1.53. The molecule has 22 heteroatoms. The van der Waals surface area contributed by atoms with Crippen molar-refractivity contribution in [3.63, 3.8) is 0 Å². The molecule has 0 fully saturated rings. The number of aromatic hydroxyl groups is 4. The fourth-order valence-electron chi connectivity index (χ4n) is 14.8. The quantitative estimate of drug-likeness (QED) is 0.00717. The predicted octanol–water partition coefficient (Wildman–Crippen LogP) is 13.2. The number of phenolic OH excluding ortho intramolecular Hbond substituents is 4. The lowest BCUT2D eigenvalue weighted by atomic mass is 9.76. The molecule has 570 valence electrons. The molecule has 9 aromatic rings. The third-order valence-corrected chi connectivity index (χ3v) is 19.8. The highest BCUT2D eigenvalue weighted by Crippen LogP contribution is 2.52. The van der Waals surface area contributed by atoms with Crippen molar-refractivity contribution in [3.8, 4) is 34.5 Å². The second-order valence-electron chi connectivity index (χ2n) is 26.9. The molecule has 0 unspecified atom stereocenters. The fraction of sp³-hybridized carbons (Fsp3) is 0.295. The van der Waals surface area contributed by atoms with Crippen LogP contribution in [0, 0.1) is 10.8 Å². The summed E-state index contributed by atoms with van der Waals surface area (Å²) in [4.78, 5) is 120. The van der Waals surface area contributed by atoms with Gasteiger partial charge >= 0.3 is 35.8 Å². The first-order valence-corrected chi connectivity index (χ1v) is 36.9. The molecular formula is C88H88N2O20. The largest absolute Gasteiger partial charge is 0.508 e. The third-order valence-electron chi connectivity index (χ3n) is 19.8. The molecule has 0 atom stereocenters. The molecular weight excluding hydrogens is 1400 g/mol. The van der Waals surface area contributed by atoms with Crippen LogP contribution < -0.4 is 20.1 Å². The van der Waals surface area contributed by atoms with E-state index >= 15 is 28.8 Å². The number of hydrogen-bond acceptors (Lipinski definition) is 20. The Labute approximate surface area is 637 Å². The van der Waals surface area contributed by atoms with Crippen molar-refractivity contribution in [2.75, 3.05) is 52.9 Å². The summed E-state index contributed by atoms with van der Waals surface area (Å²) in [5.74, 6) is -7.21. The Bertz CT molecular complexity index is 4320. The van der Waals surface area contributed by atoms with Crippen LogP contribution in [0.15, 0.2) is 206 Å². The molecule has 0 aliphatic heterocycles. The topological polar surface area (TPSA) is 315 Å². The first-order valence-electron chi connectivity index (χ1n) is 36.9. The van der Waals surface area contributed by atoms with Crippen LogP contribution in [-0.2, 0) is 84.4 Å². The van der Waals surface area contributed by atoms with Crippen LogP contribution in [0.25, 0.3) is 0 Å². The van der Waals surface area contributed by atoms with Crippen molar-refractivity contribution in [2.24, 2.45) is 10.8 Å². The second kappa shape index (κ2) is 35.5. The van der Waals surface area contributed by atoms with Crippen LogP contribution in [-0.4, -0.2) is 121 Å². The Balaban J connectivity index is 1.03. The summed E-state index contributed by atoms with van der Waals surface area (Å²) < 4.78 is 47.0. The smallest absolute Gasteiger partial charge is 0.338 e. The van der Waals surface area contributed by atoms with Gasteiger partial charge in [-0.05, 0) is 170 Å². The van der Waals surface area contributed by atoms with E-state index in [0.29, 0.717) is 83.4 Å². The van der Waals surface area contributed by atoms with Crippen LogP contribution in [0.5, 0.6) is 34.5 Å². The minimum Gasteiger partial charge on any atom is -0.508 e. The minimum absolute atomic E-state index is 0.00257. The number of ether oxygens (including phenoxy) is 8. The molecule has 2 amide bonds. The molecule has 2 aliphatic rings. The molecule has 0 heterocycles. The number of esters is 6. The summed E-state index contributed by atoms with van der Waals surface area (Å²) in [5.41, 5.74) is -4.48. The van der Waals surface area contributed by atoms with Crippen LogP contribution in [0.1, 0.15) is 163 Å². The molecule has 6 N–H and O–H groups in total. The van der Waals surface area contributed by atoms with Crippen molar-refractivity contribution in [1.29, 1.82) is 0 Å². The standard InChI is InChI=1S/C88H88N2O20/c1-5-103-81(99)85(82(100)104-6-2)53-71-72(54-85)76(78(96)90-88(61-33-19-11-20-34-61,62-35-21-12-22-36-62)64-38-28-40-70(50-64)108-42-24-14-26-44-110-80(98)58-47-67(93)52-68(94)48-58)74-56-86(83(101)105-7-3,84(102)106-8-4)55-73(74)75(71)77(95)89-87(59-29-15-9-16-30-59,60-31-17-10-18-32-60)63-37-27-39-69(49-63)107-41-23-13-25-43-109-79(97)57-45-65(91)51-66(92)46-57/h9-12,15-22,27-40,45-52,91-94H,5-8,13-14,23-26,41-44,53-56H2,1-4H3,(H,89,95)(H,90,96). The molecule has 11 rings (SSSR count). The Morgan fingerprint density at radius 3 is 0.882 bits per heavy atom. The highest BCUT2D eigenvalue weighted by molar-refractivity contribution is 6.11. The van der Waals surface area contributed by atoms with E-state index in [9.17, 15) is 30.0 Å². The van der Waals surface area contributed by atoms with E-state index in [4.69, 9.17) is 37.9 Å². The van der Waals surface area contributed by atoms with E-state index in [1.165, 1.54) is 24.3 Å². The monoisotopic (exact) mass is 1490 g/mol. The molecule has 0 saturated heterocycles. The van der Waals surface area contributed by atoms with Gasteiger partial charge in [0.1, 0.15) is 45.6 Å². The Morgan fingerprint density at radius 2 is 0.600 bits per heavy atom. The average molecular weight is 1490 g/mol. The summed E-state index contributed by atoms with van der Waals surface area (Å²) in [6.45, 7) is 6.23. The van der Waals surface area contributed by atoms with Gasteiger partial charge in [0.05, 0.1) is 64.0 Å². The SMILES string of the molecule is CCOC(=O)C1(C(=O)OCC)Cc2c(c(C(=O)NC(c3ccccc3)(c3ccccc3)c3cccc(OCCCCCOC(=O)c4cc(O)cc(O)c4)c3)c3c(c2C(=O)NC(c2ccccc2)(c2ccccc2)c2cccc(OCCCCCOC(=O)c4cc(O)cc(O)c4)c2)CC(C(=O)OCC)(C(=O)OCC)C3)C1. The van der Waals surface area contributed by atoms with Crippen molar-refractivity contribution in [3.05, 3.63) is 284 Å². The van der Waals surface area contributed by atoms with Gasteiger partial charge in [0, 0.05) is 48.9 Å². The summed E-state index contributed by atoms with van der Waals surface area (Å²) in [5, 5.41) is 46.6. The van der Waals surface area contributed by atoms with Crippen molar-refractivity contribution < 1.29 is 96.7 Å². The lowest BCUT2D eigenvalue weighted by molar-refractivity contribution is -0.172. The van der Waals surface area contributed by atoms with Crippen LogP contribution in [0.3, 0.4) is 0 Å². The zero-order valence-corrected chi connectivity index (χ0v) is 61.7. The summed E-state index contributed by atoms with van der Waals surface area (Å²) in [6, 6.07) is 58.2. The summed E-state index contributed by atoms with van der Waals surface area (Å²) in [6.07, 6.45) is 0.939. The number of amides is 2. The summed E-state index contributed by atoms with van der Waals surface area (Å²) >= 11 is 0. The van der Waals surface area contributed by atoms with Crippen LogP contribution in [0.2, 0.25) is 0 Å². The molecule has 0 saturated carbocycles. The van der Waals surface area contributed by atoms with Gasteiger partial charge in [-0.3, -0.25) is 28.8 Å². The van der Waals surface area contributed by atoms with Gasteiger partial charge in [-0.25, -0.2) is 9.59 Å². The number of hydrogen-bond donors (Lipinski definition) is 6. The number of rotatable bonds is 34. The molecule has 0 bridgehead atoms. The number of fused-ring (bicyclic) bond motifs is 2. The van der Waals surface area contributed by atoms with E-state index in [0.717, 1.165) is 12.1 Å². The lowest BCUT2D eigenvalue weighted by Gasteiger charge is -2.38. The number of unbranched alkanes of at least 4 members (excludes halogenated alkanes) is 4. The minimum atomic E-state index is -2.22. The number of carbonyl (C=O) groups excluding carboxylic acids is 8. The van der Waals surface area contributed by atoms with E-state index < -0.39 is 95.2 Å². The van der Waals surface area contributed by atoms with Gasteiger partial charge in [-0.2, -0.15) is 0 Å². The molecule has 0 aromatic heterocycles. The van der Waals surface area contributed by atoms with Crippen molar-refractivity contribution >= 4 is 47.6 Å². The number of benzene rings is 9. The third kappa shape index (κ3) is 16.8. The molecule has 22 nitrogen and oxygen atoms in total. The molecule has 110 heavy (non-hydrogen) atoms. The van der Waals surface area contributed by atoms with Gasteiger partial charge in [0.25, 0.3) is 11.8 Å². The zero-order chi connectivity index (χ0) is 78.0. The molecule has 0 radical (unpaired) electrons. The van der Waals surface area contributed by atoms with E-state index in [1.54, 1.807) is 52.0 Å². The maximum atomic E-state index is 17.2. The Hall–Kier alpha value is -12.5. The van der Waals surface area contributed by atoms with E-state index in [1.807, 2.05) is 146 Å². The normalized spacial score (nSPS) is 13.1. The van der Waals surface area contributed by atoms with Gasteiger partial charge in [-0.15, -0.1) is 0 Å². The second-order valence-corrected chi connectivity index (χ2v) is 26.9. The molecule has 0 spiro atoms. The highest BCUT2D eigenvalue weighted by Gasteiger charge is 2.60. The maximum absolute atomic E-state index is 17.2. The van der Waals surface area contributed by atoms with Crippen molar-refractivity contribution in [2.45, 2.75) is 103 Å². The first-order chi connectivity index (χ1) is 53.2. The Kier molecular flexibility index (Phi) is 25.4. The number of carbonyl (C=O) groups is 8. The number of phenols is 4. The zero-order valence-electron chi connectivity index (χ0n) is 61.7. The predicted molar refractivity (Wildman–Crippen MR) is 405 cm³/mol. The number of nitrogens with one attached hydrogen (secondary N) is 2. The first kappa shape index (κ1) is 78.6. The van der Waals surface area contributed by atoms with Gasteiger partial charge in [0.2, 0.25) is 0 Å². The highest BCUT2D eigenvalue weighted by atomic mass is 16.6. The Morgan fingerprint density at radius 1 is 0.327 bits per heavy atom. The van der Waals surface area contributed by atoms with E-state index in [-0.39, 0.29) is 120 Å². The van der Waals surface area contributed by atoms with Gasteiger partial charge < -0.3 is 69.0 Å². The molecule has 2 aliphatic carbocycles. The lowest BCUT2D eigenvalue weighted by Crippen LogP contribution is -2.49. The van der Waals surface area contributed by atoms with Gasteiger partial charge in [0.15, 0.2) is 10.8 Å². The van der Waals surface area contributed by atoms with Crippen LogP contribution in [0.4, 0.5) is 0 Å². The summed E-state index contributed by atoms with van der Waals surface area (Å²) in [7, 11) is 0. The van der Waals surface area contributed by atoms with E-state index in [2.05, 4.69) is 10.6 Å². The fourth-order valence-corrected chi connectivity index (χ4v) is 14.8.